The van der Waals surface area contributed by atoms with Crippen molar-refractivity contribution in [3.8, 4) is 22.5 Å². The smallest absolute Gasteiger partial charge is 0.161 e. The van der Waals surface area contributed by atoms with Crippen molar-refractivity contribution in [1.82, 2.24) is 15.0 Å². The van der Waals surface area contributed by atoms with Gasteiger partial charge in [-0.2, -0.15) is 0 Å². The summed E-state index contributed by atoms with van der Waals surface area (Å²) in [6, 6.07) is 20.3. The van der Waals surface area contributed by atoms with Crippen molar-refractivity contribution in [1.29, 1.82) is 0 Å². The standard InChI is InChI=1S/C26H23N5/c1-4-20-16-23(9-10-24(20)27-3)26-29-14-12-25(31-26)30-17-19-5-7-21(8-6-19)22-11-13-28-18(2)15-22/h4-16H,1,3,17H2,2H3,(H,29,30,31). The zero-order chi connectivity index (χ0) is 21.6. The van der Waals surface area contributed by atoms with E-state index in [9.17, 15) is 0 Å². The first-order chi connectivity index (χ1) is 15.2. The number of nitrogens with one attached hydrogen (secondary N) is 1. The summed E-state index contributed by atoms with van der Waals surface area (Å²) in [6.45, 7) is 10.1. The molecule has 5 nitrogen and oxygen atoms in total. The second kappa shape index (κ2) is 9.13. The van der Waals surface area contributed by atoms with Gasteiger partial charge < -0.3 is 5.32 Å². The molecule has 0 radical (unpaired) electrons. The number of aliphatic imine (C=N–C) groups is 1. The number of aryl methyl sites for hydroxylation is 1. The van der Waals surface area contributed by atoms with Crippen molar-refractivity contribution in [3.63, 3.8) is 0 Å². The molecule has 2 aromatic carbocycles. The molecule has 0 amide bonds. The molecule has 0 aliphatic rings. The van der Waals surface area contributed by atoms with Gasteiger partial charge in [-0.15, -0.1) is 0 Å². The fraction of sp³-hybridized carbons (Fsp3) is 0.0769. The molecule has 0 unspecified atom stereocenters. The highest BCUT2D eigenvalue weighted by Crippen LogP contribution is 2.26. The van der Waals surface area contributed by atoms with Gasteiger partial charge in [-0.1, -0.05) is 36.9 Å². The van der Waals surface area contributed by atoms with Crippen LogP contribution in [0.15, 0.2) is 84.6 Å². The van der Waals surface area contributed by atoms with E-state index in [0.29, 0.717) is 12.4 Å². The maximum absolute atomic E-state index is 4.65. The highest BCUT2D eigenvalue weighted by atomic mass is 15.0. The van der Waals surface area contributed by atoms with E-state index >= 15 is 0 Å². The Balaban J connectivity index is 1.47. The van der Waals surface area contributed by atoms with E-state index in [1.165, 1.54) is 16.7 Å². The van der Waals surface area contributed by atoms with E-state index in [1.807, 2.05) is 43.5 Å². The summed E-state index contributed by atoms with van der Waals surface area (Å²) in [5, 5.41) is 3.38. The molecular weight excluding hydrogens is 382 g/mol. The maximum atomic E-state index is 4.65. The Labute approximate surface area is 182 Å². The Kier molecular flexibility index (Phi) is 5.94. The van der Waals surface area contributed by atoms with Crippen LogP contribution in [-0.2, 0) is 6.54 Å². The third-order valence-corrected chi connectivity index (χ3v) is 4.99. The molecule has 0 aliphatic carbocycles. The van der Waals surface area contributed by atoms with E-state index < -0.39 is 0 Å². The first-order valence-corrected chi connectivity index (χ1v) is 9.99. The normalized spacial score (nSPS) is 10.5. The lowest BCUT2D eigenvalue weighted by Gasteiger charge is -2.09. The molecule has 2 heterocycles. The molecule has 0 fully saturated rings. The molecular formula is C26H23N5. The molecule has 4 aromatic rings. The SMILES string of the molecule is C=Cc1cc(-c2nccc(NCc3ccc(-c4ccnc(C)c4)cc3)n2)ccc1N=C. The van der Waals surface area contributed by atoms with Crippen LogP contribution in [0, 0.1) is 6.92 Å². The fourth-order valence-electron chi connectivity index (χ4n) is 3.33. The number of nitrogens with zero attached hydrogens (tertiary/aromatic N) is 4. The highest BCUT2D eigenvalue weighted by Gasteiger charge is 2.06. The average Bonchev–Trinajstić information content (AvgIpc) is 2.83. The van der Waals surface area contributed by atoms with Crippen LogP contribution in [0.5, 0.6) is 0 Å². The van der Waals surface area contributed by atoms with Gasteiger partial charge in [-0.25, -0.2) is 9.97 Å². The van der Waals surface area contributed by atoms with Crippen LogP contribution in [-0.4, -0.2) is 21.7 Å². The van der Waals surface area contributed by atoms with Crippen molar-refractivity contribution < 1.29 is 0 Å². The van der Waals surface area contributed by atoms with Gasteiger partial charge in [0.25, 0.3) is 0 Å². The predicted octanol–water partition coefficient (Wildman–Crippen LogP) is 6.10. The largest absolute Gasteiger partial charge is 0.366 e. The highest BCUT2D eigenvalue weighted by molar-refractivity contribution is 5.72. The number of aromatic nitrogens is 3. The summed E-state index contributed by atoms with van der Waals surface area (Å²) in [6.07, 6.45) is 5.35. The van der Waals surface area contributed by atoms with Crippen LogP contribution in [0.2, 0.25) is 0 Å². The lowest BCUT2D eigenvalue weighted by molar-refractivity contribution is 1.09. The Morgan fingerprint density at radius 2 is 1.68 bits per heavy atom. The zero-order valence-corrected chi connectivity index (χ0v) is 17.4. The summed E-state index contributed by atoms with van der Waals surface area (Å²) in [5.74, 6) is 1.41. The van der Waals surface area contributed by atoms with Gasteiger partial charge in [0.05, 0.1) is 5.69 Å². The summed E-state index contributed by atoms with van der Waals surface area (Å²) in [4.78, 5) is 17.3. The van der Waals surface area contributed by atoms with E-state index in [0.717, 1.165) is 28.3 Å². The van der Waals surface area contributed by atoms with E-state index in [4.69, 9.17) is 0 Å². The van der Waals surface area contributed by atoms with Gasteiger partial charge in [0.2, 0.25) is 0 Å². The van der Waals surface area contributed by atoms with E-state index in [1.54, 1.807) is 12.3 Å². The fourth-order valence-corrected chi connectivity index (χ4v) is 3.33. The Morgan fingerprint density at radius 1 is 0.903 bits per heavy atom. The van der Waals surface area contributed by atoms with Gasteiger partial charge in [0, 0.05) is 35.8 Å². The minimum atomic E-state index is 0.645. The van der Waals surface area contributed by atoms with Crippen molar-refractivity contribution in [2.75, 3.05) is 5.32 Å². The summed E-state index contributed by atoms with van der Waals surface area (Å²) in [5.41, 5.74) is 7.13. The number of hydrogen-bond donors (Lipinski definition) is 1. The first-order valence-electron chi connectivity index (χ1n) is 9.99. The van der Waals surface area contributed by atoms with Gasteiger partial charge in [0.1, 0.15) is 5.82 Å². The predicted molar refractivity (Wildman–Crippen MR) is 129 cm³/mol. The van der Waals surface area contributed by atoms with Crippen molar-refractivity contribution in [2.24, 2.45) is 4.99 Å². The van der Waals surface area contributed by atoms with Gasteiger partial charge in [0.15, 0.2) is 5.82 Å². The van der Waals surface area contributed by atoms with Crippen LogP contribution < -0.4 is 5.32 Å². The number of anilines is 1. The Hall–Kier alpha value is -4.12. The summed E-state index contributed by atoms with van der Waals surface area (Å²) < 4.78 is 0. The third kappa shape index (κ3) is 4.73. The van der Waals surface area contributed by atoms with Gasteiger partial charge in [-0.3, -0.25) is 9.98 Å². The van der Waals surface area contributed by atoms with E-state index in [-0.39, 0.29) is 0 Å². The topological polar surface area (TPSA) is 63.1 Å². The number of benzene rings is 2. The Morgan fingerprint density at radius 3 is 2.42 bits per heavy atom. The van der Waals surface area contributed by atoms with Gasteiger partial charge in [-0.05, 0) is 66.7 Å². The van der Waals surface area contributed by atoms with E-state index in [2.05, 4.69) is 68.9 Å². The Bertz CT molecular complexity index is 1230. The molecule has 31 heavy (non-hydrogen) atoms. The monoisotopic (exact) mass is 405 g/mol. The van der Waals surface area contributed by atoms with Crippen LogP contribution >= 0.6 is 0 Å². The minimum Gasteiger partial charge on any atom is -0.366 e. The molecule has 5 heteroatoms. The number of hydrogen-bond acceptors (Lipinski definition) is 5. The van der Waals surface area contributed by atoms with Gasteiger partial charge >= 0.3 is 0 Å². The lowest BCUT2D eigenvalue weighted by Crippen LogP contribution is -2.02. The minimum absolute atomic E-state index is 0.645. The zero-order valence-electron chi connectivity index (χ0n) is 17.4. The van der Waals surface area contributed by atoms with Crippen LogP contribution in [0.1, 0.15) is 16.8 Å². The lowest BCUT2D eigenvalue weighted by atomic mass is 10.0. The molecule has 0 saturated heterocycles. The summed E-state index contributed by atoms with van der Waals surface area (Å²) >= 11 is 0. The molecule has 0 spiro atoms. The van der Waals surface area contributed by atoms with Crippen LogP contribution in [0.3, 0.4) is 0 Å². The maximum Gasteiger partial charge on any atom is 0.161 e. The number of pyridine rings is 1. The average molecular weight is 406 g/mol. The quantitative estimate of drug-likeness (QED) is 0.377. The molecule has 0 aliphatic heterocycles. The third-order valence-electron chi connectivity index (χ3n) is 4.99. The summed E-state index contributed by atoms with van der Waals surface area (Å²) in [7, 11) is 0. The molecule has 1 N–H and O–H groups in total. The van der Waals surface area contributed by atoms with Crippen molar-refractivity contribution in [2.45, 2.75) is 13.5 Å². The second-order valence-corrected chi connectivity index (χ2v) is 7.14. The molecule has 0 bridgehead atoms. The molecule has 2 aromatic heterocycles. The van der Waals surface area contributed by atoms with Crippen molar-refractivity contribution in [3.05, 3.63) is 96.5 Å². The number of rotatable bonds is 7. The van der Waals surface area contributed by atoms with Crippen LogP contribution in [0.4, 0.5) is 11.5 Å². The molecule has 152 valence electrons. The second-order valence-electron chi connectivity index (χ2n) is 7.14. The first kappa shape index (κ1) is 20.2. The van der Waals surface area contributed by atoms with Crippen molar-refractivity contribution >= 4 is 24.3 Å². The molecule has 0 saturated carbocycles. The molecule has 0 atom stereocenters. The van der Waals surface area contributed by atoms with Crippen LogP contribution in [0.25, 0.3) is 28.6 Å². The molecule has 4 rings (SSSR count).